The highest BCUT2D eigenvalue weighted by Gasteiger charge is 2.24. The molecular formula is C22H20ClFN2O3S. The Hall–Kier alpha value is -2.64. The Kier molecular flexibility index (Phi) is 6.20. The third-order valence-electron chi connectivity index (χ3n) is 4.98. The van der Waals surface area contributed by atoms with Gasteiger partial charge in [0.15, 0.2) is 5.76 Å². The molecule has 30 heavy (non-hydrogen) atoms. The van der Waals surface area contributed by atoms with Gasteiger partial charge < -0.3 is 14.2 Å². The Balaban J connectivity index is 1.34. The van der Waals surface area contributed by atoms with Crippen LogP contribution in [0.15, 0.2) is 70.0 Å². The van der Waals surface area contributed by atoms with Crippen LogP contribution in [0.1, 0.15) is 16.3 Å². The van der Waals surface area contributed by atoms with Crippen molar-refractivity contribution in [2.75, 3.05) is 31.1 Å². The standard InChI is InChI=1S/C22H20ClFN2O3S/c23-16-1-5-18(6-2-16)25-11-13-26(14-12-25)22(27)21-10-7-19(29-21)15-30(28)20-8-3-17(24)4-9-20/h1-10H,11-15H2. The number of carbonyl (C=O) groups is 1. The highest BCUT2D eigenvalue weighted by Crippen LogP contribution is 2.21. The molecule has 8 heteroatoms. The summed E-state index contributed by atoms with van der Waals surface area (Å²) >= 11 is 5.94. The maximum absolute atomic E-state index is 13.0. The third kappa shape index (κ3) is 4.74. The SMILES string of the molecule is O=C(c1ccc(CS(=O)c2ccc(F)cc2)o1)N1CCN(c2ccc(Cl)cc2)CC1. The van der Waals surface area contributed by atoms with Gasteiger partial charge in [-0.15, -0.1) is 0 Å². The molecule has 1 fully saturated rings. The van der Waals surface area contributed by atoms with Gasteiger partial charge in [-0.05, 0) is 60.7 Å². The Labute approximate surface area is 181 Å². The van der Waals surface area contributed by atoms with Crippen LogP contribution in [0.5, 0.6) is 0 Å². The number of halogens is 2. The van der Waals surface area contributed by atoms with Crippen molar-refractivity contribution in [3.63, 3.8) is 0 Å². The van der Waals surface area contributed by atoms with Crippen LogP contribution in [0.3, 0.4) is 0 Å². The van der Waals surface area contributed by atoms with Gasteiger partial charge in [0.05, 0.1) is 16.6 Å². The fourth-order valence-electron chi connectivity index (χ4n) is 3.34. The van der Waals surface area contributed by atoms with E-state index in [9.17, 15) is 13.4 Å². The molecule has 0 saturated carbocycles. The molecule has 4 rings (SSSR count). The first-order chi connectivity index (χ1) is 14.5. The van der Waals surface area contributed by atoms with Gasteiger partial charge in [0.25, 0.3) is 5.91 Å². The lowest BCUT2D eigenvalue weighted by atomic mass is 10.2. The number of hydrogen-bond donors (Lipinski definition) is 0. The molecule has 2 heterocycles. The van der Waals surface area contributed by atoms with E-state index in [1.54, 1.807) is 17.0 Å². The lowest BCUT2D eigenvalue weighted by Gasteiger charge is -2.35. The molecule has 5 nitrogen and oxygen atoms in total. The summed E-state index contributed by atoms with van der Waals surface area (Å²) in [5.41, 5.74) is 1.08. The van der Waals surface area contributed by atoms with Gasteiger partial charge in [-0.3, -0.25) is 9.00 Å². The number of benzene rings is 2. The fourth-order valence-corrected chi connectivity index (χ4v) is 4.49. The van der Waals surface area contributed by atoms with Crippen molar-refractivity contribution >= 4 is 34.0 Å². The smallest absolute Gasteiger partial charge is 0.289 e. The molecule has 2 aromatic carbocycles. The van der Waals surface area contributed by atoms with Gasteiger partial charge in [0.2, 0.25) is 0 Å². The normalized spacial score (nSPS) is 15.3. The van der Waals surface area contributed by atoms with E-state index in [0.717, 1.165) is 18.8 Å². The van der Waals surface area contributed by atoms with Crippen LogP contribution in [0.25, 0.3) is 0 Å². The number of amides is 1. The summed E-state index contributed by atoms with van der Waals surface area (Å²) in [5, 5.41) is 0.696. The minimum Gasteiger partial charge on any atom is -0.455 e. The van der Waals surface area contributed by atoms with Gasteiger partial charge in [0.1, 0.15) is 11.6 Å². The molecule has 0 N–H and O–H groups in total. The van der Waals surface area contributed by atoms with E-state index < -0.39 is 10.8 Å². The second-order valence-corrected chi connectivity index (χ2v) is 8.85. The Morgan fingerprint density at radius 3 is 2.30 bits per heavy atom. The summed E-state index contributed by atoms with van der Waals surface area (Å²) in [6.45, 7) is 2.60. The van der Waals surface area contributed by atoms with Crippen LogP contribution < -0.4 is 4.90 Å². The van der Waals surface area contributed by atoms with E-state index >= 15 is 0 Å². The summed E-state index contributed by atoms with van der Waals surface area (Å²) < 4.78 is 31.1. The number of piperazine rings is 1. The first kappa shape index (κ1) is 20.6. The van der Waals surface area contributed by atoms with E-state index in [4.69, 9.17) is 16.0 Å². The second-order valence-electron chi connectivity index (χ2n) is 6.97. The predicted octanol–water partition coefficient (Wildman–Crippen LogP) is 4.34. The van der Waals surface area contributed by atoms with Crippen LogP contribution in [0, 0.1) is 5.82 Å². The molecule has 0 aliphatic carbocycles. The molecule has 1 amide bonds. The largest absolute Gasteiger partial charge is 0.455 e. The Bertz CT molecular complexity index is 1050. The molecular weight excluding hydrogens is 427 g/mol. The quantitative estimate of drug-likeness (QED) is 0.585. The number of anilines is 1. The van der Waals surface area contributed by atoms with Gasteiger partial charge in [0, 0.05) is 41.8 Å². The van der Waals surface area contributed by atoms with Gasteiger partial charge in [-0.2, -0.15) is 0 Å². The maximum atomic E-state index is 13.0. The van der Waals surface area contributed by atoms with Crippen molar-refractivity contribution in [1.29, 1.82) is 0 Å². The minimum absolute atomic E-state index is 0.128. The highest BCUT2D eigenvalue weighted by molar-refractivity contribution is 7.84. The molecule has 1 saturated heterocycles. The average molecular weight is 447 g/mol. The molecule has 1 atom stereocenters. The Morgan fingerprint density at radius 2 is 1.63 bits per heavy atom. The summed E-state index contributed by atoms with van der Waals surface area (Å²) in [5.74, 6) is 0.271. The van der Waals surface area contributed by atoms with Crippen molar-refractivity contribution in [2.45, 2.75) is 10.6 Å². The molecule has 1 aliphatic heterocycles. The van der Waals surface area contributed by atoms with Crippen LogP contribution in [0.2, 0.25) is 5.02 Å². The van der Waals surface area contributed by atoms with Gasteiger partial charge >= 0.3 is 0 Å². The third-order valence-corrected chi connectivity index (χ3v) is 6.58. The molecule has 1 aliphatic rings. The van der Waals surface area contributed by atoms with E-state index in [1.807, 2.05) is 24.3 Å². The monoisotopic (exact) mass is 446 g/mol. The van der Waals surface area contributed by atoms with Gasteiger partial charge in [-0.25, -0.2) is 4.39 Å². The second kappa shape index (κ2) is 9.02. The molecule has 0 bridgehead atoms. The van der Waals surface area contributed by atoms with E-state index in [1.165, 1.54) is 24.3 Å². The number of hydrogen-bond acceptors (Lipinski definition) is 4. The summed E-state index contributed by atoms with van der Waals surface area (Å²) in [6, 6.07) is 16.5. The number of furan rings is 1. The van der Waals surface area contributed by atoms with Crippen LogP contribution in [-0.2, 0) is 16.6 Å². The minimum atomic E-state index is -1.38. The molecule has 1 unspecified atom stereocenters. The zero-order valence-corrected chi connectivity index (χ0v) is 17.7. The lowest BCUT2D eigenvalue weighted by Crippen LogP contribution is -2.48. The van der Waals surface area contributed by atoms with Crippen LogP contribution in [-0.4, -0.2) is 41.2 Å². The van der Waals surface area contributed by atoms with Crippen molar-refractivity contribution in [2.24, 2.45) is 0 Å². The fraction of sp³-hybridized carbons (Fsp3) is 0.227. The van der Waals surface area contributed by atoms with Crippen molar-refractivity contribution < 1.29 is 17.8 Å². The summed E-state index contributed by atoms with van der Waals surface area (Å²) in [6.07, 6.45) is 0. The van der Waals surface area contributed by atoms with Crippen molar-refractivity contribution in [3.8, 4) is 0 Å². The highest BCUT2D eigenvalue weighted by atomic mass is 35.5. The summed E-state index contributed by atoms with van der Waals surface area (Å²) in [4.78, 5) is 17.2. The zero-order chi connectivity index (χ0) is 21.1. The summed E-state index contributed by atoms with van der Waals surface area (Å²) in [7, 11) is -1.38. The average Bonchev–Trinajstić information content (AvgIpc) is 3.23. The van der Waals surface area contributed by atoms with E-state index in [-0.39, 0.29) is 23.2 Å². The lowest BCUT2D eigenvalue weighted by molar-refractivity contribution is 0.0713. The van der Waals surface area contributed by atoms with E-state index in [2.05, 4.69) is 4.90 Å². The first-order valence-corrected chi connectivity index (χ1v) is 11.2. The molecule has 1 aromatic heterocycles. The van der Waals surface area contributed by atoms with Crippen molar-refractivity contribution in [1.82, 2.24) is 4.90 Å². The topological polar surface area (TPSA) is 53.8 Å². The first-order valence-electron chi connectivity index (χ1n) is 9.52. The van der Waals surface area contributed by atoms with Crippen LogP contribution in [0.4, 0.5) is 10.1 Å². The number of rotatable bonds is 5. The molecule has 0 radical (unpaired) electrons. The predicted molar refractivity (Wildman–Crippen MR) is 115 cm³/mol. The van der Waals surface area contributed by atoms with Gasteiger partial charge in [-0.1, -0.05) is 11.6 Å². The number of carbonyl (C=O) groups excluding carboxylic acids is 1. The van der Waals surface area contributed by atoms with Crippen molar-refractivity contribution in [3.05, 3.63) is 83.0 Å². The van der Waals surface area contributed by atoms with E-state index in [0.29, 0.717) is 28.8 Å². The number of nitrogens with zero attached hydrogens (tertiary/aromatic N) is 2. The zero-order valence-electron chi connectivity index (χ0n) is 16.1. The van der Waals surface area contributed by atoms with Crippen LogP contribution >= 0.6 is 11.6 Å². The molecule has 0 spiro atoms. The maximum Gasteiger partial charge on any atom is 0.289 e. The molecule has 3 aromatic rings. The Morgan fingerprint density at radius 1 is 0.967 bits per heavy atom. The molecule has 156 valence electrons.